The third-order valence-electron chi connectivity index (χ3n) is 0.739. The minimum atomic E-state index is -1.75. The van der Waals surface area contributed by atoms with Gasteiger partial charge in [0, 0.05) is 13.0 Å². The van der Waals surface area contributed by atoms with Crippen LogP contribution < -0.4 is 4.74 Å². The van der Waals surface area contributed by atoms with Gasteiger partial charge in [0.05, 0.1) is 16.4 Å². The number of esters is 1. The molecular formula is C6H6N2O9Pb. The van der Waals surface area contributed by atoms with Crippen molar-refractivity contribution in [2.45, 2.75) is 6.92 Å². The molecule has 0 unspecified atom stereocenters. The molecule has 0 aliphatic rings. The second kappa shape index (κ2) is 13.1. The van der Waals surface area contributed by atoms with Crippen LogP contribution in [0.3, 0.4) is 0 Å². The predicted octanol–water partition coefficient (Wildman–Crippen LogP) is 0.346. The zero-order valence-corrected chi connectivity index (χ0v) is 12.7. The van der Waals surface area contributed by atoms with Crippen molar-refractivity contribution in [2.24, 2.45) is 0 Å². The summed E-state index contributed by atoms with van der Waals surface area (Å²) < 4.78 is 9.25. The Morgan fingerprint density at radius 2 is 1.61 bits per heavy atom. The molecule has 1 aromatic heterocycles. The molecule has 11 nitrogen and oxygen atoms in total. The SMILES string of the molecule is CC(=O)Oc1ccco1.O=[N+]([O-])[O-].O=[N+]([O-])[O-].[Pb+2]. The van der Waals surface area contributed by atoms with Gasteiger partial charge in [0.2, 0.25) is 0 Å². The van der Waals surface area contributed by atoms with E-state index in [1.54, 1.807) is 12.1 Å². The van der Waals surface area contributed by atoms with E-state index in [2.05, 4.69) is 4.74 Å². The molecule has 0 bridgehead atoms. The molecule has 0 saturated heterocycles. The third kappa shape index (κ3) is 29.2. The Morgan fingerprint density at radius 1 is 1.22 bits per heavy atom. The van der Waals surface area contributed by atoms with Crippen LogP contribution in [-0.2, 0) is 4.79 Å². The van der Waals surface area contributed by atoms with E-state index >= 15 is 0 Å². The van der Waals surface area contributed by atoms with E-state index in [1.807, 2.05) is 0 Å². The van der Waals surface area contributed by atoms with Crippen LogP contribution in [-0.4, -0.2) is 43.4 Å². The van der Waals surface area contributed by atoms with Crippen molar-refractivity contribution in [3.63, 3.8) is 0 Å². The summed E-state index contributed by atoms with van der Waals surface area (Å²) in [6, 6.07) is 3.22. The van der Waals surface area contributed by atoms with Gasteiger partial charge in [-0.3, -0.25) is 4.79 Å². The Morgan fingerprint density at radius 3 is 1.83 bits per heavy atom. The number of carbonyl (C=O) groups is 1. The van der Waals surface area contributed by atoms with E-state index in [4.69, 9.17) is 35.1 Å². The molecule has 98 valence electrons. The first-order valence-electron chi connectivity index (χ1n) is 3.60. The topological polar surface area (TPSA) is 172 Å². The molecule has 0 fully saturated rings. The number of hydrogen-bond acceptors (Lipinski definition) is 9. The summed E-state index contributed by atoms with van der Waals surface area (Å²) in [4.78, 5) is 26.7. The summed E-state index contributed by atoms with van der Waals surface area (Å²) >= 11 is 0. The van der Waals surface area contributed by atoms with E-state index in [0.29, 0.717) is 0 Å². The van der Waals surface area contributed by atoms with E-state index in [-0.39, 0.29) is 39.2 Å². The van der Waals surface area contributed by atoms with E-state index in [1.165, 1.54) is 13.2 Å². The van der Waals surface area contributed by atoms with Crippen LogP contribution >= 0.6 is 0 Å². The summed E-state index contributed by atoms with van der Waals surface area (Å²) in [5.74, 6) is -0.132. The van der Waals surface area contributed by atoms with Gasteiger partial charge in [0.15, 0.2) is 0 Å². The van der Waals surface area contributed by atoms with Gasteiger partial charge in [-0.2, -0.15) is 0 Å². The molecule has 18 heavy (non-hydrogen) atoms. The zero-order chi connectivity index (χ0) is 13.8. The second-order valence-electron chi connectivity index (χ2n) is 1.97. The van der Waals surface area contributed by atoms with Gasteiger partial charge >= 0.3 is 33.3 Å². The zero-order valence-electron chi connectivity index (χ0n) is 8.80. The fraction of sp³-hybridized carbons (Fsp3) is 0.167. The molecule has 0 aliphatic carbocycles. The maximum atomic E-state index is 10.2. The fourth-order valence-corrected chi connectivity index (χ4v) is 0.463. The molecule has 0 N–H and O–H groups in total. The van der Waals surface area contributed by atoms with Gasteiger partial charge in [-0.25, -0.2) is 0 Å². The van der Waals surface area contributed by atoms with Crippen LogP contribution in [0.25, 0.3) is 0 Å². The molecule has 0 spiro atoms. The Bertz CT molecular complexity index is 332. The first-order chi connectivity index (χ1) is 7.75. The van der Waals surface area contributed by atoms with Gasteiger partial charge in [0.1, 0.15) is 0 Å². The summed E-state index contributed by atoms with van der Waals surface area (Å²) in [6.07, 6.45) is 1.44. The predicted molar refractivity (Wildman–Crippen MR) is 56.5 cm³/mol. The van der Waals surface area contributed by atoms with Crippen molar-refractivity contribution in [1.29, 1.82) is 0 Å². The average Bonchev–Trinajstić information content (AvgIpc) is 2.52. The van der Waals surface area contributed by atoms with Gasteiger partial charge in [-0.15, -0.1) is 0 Å². The van der Waals surface area contributed by atoms with Gasteiger partial charge in [0.25, 0.3) is 5.95 Å². The van der Waals surface area contributed by atoms with Gasteiger partial charge < -0.3 is 39.8 Å². The molecule has 0 amide bonds. The minimum Gasteiger partial charge on any atom is -0.434 e. The van der Waals surface area contributed by atoms with Crippen molar-refractivity contribution < 1.29 is 24.1 Å². The van der Waals surface area contributed by atoms with Crippen LogP contribution in [0, 0.1) is 30.6 Å². The van der Waals surface area contributed by atoms with E-state index in [0.717, 1.165) is 0 Å². The first kappa shape index (κ1) is 21.4. The van der Waals surface area contributed by atoms with Crippen molar-refractivity contribution in [1.82, 2.24) is 0 Å². The number of nitrogens with zero attached hydrogens (tertiary/aromatic N) is 2. The molecule has 12 heteroatoms. The summed E-state index contributed by atoms with van der Waals surface area (Å²) in [6.45, 7) is 1.32. The molecule has 1 aromatic rings. The first-order valence-corrected chi connectivity index (χ1v) is 3.60. The molecule has 2 radical (unpaired) electrons. The quantitative estimate of drug-likeness (QED) is 0.250. The van der Waals surface area contributed by atoms with Crippen molar-refractivity contribution in [3.05, 3.63) is 49.0 Å². The van der Waals surface area contributed by atoms with Crippen molar-refractivity contribution in [3.8, 4) is 5.95 Å². The monoisotopic (exact) mass is 458 g/mol. The van der Waals surface area contributed by atoms with Crippen LogP contribution in [0.1, 0.15) is 6.92 Å². The number of hydrogen-bond donors (Lipinski definition) is 0. The summed E-state index contributed by atoms with van der Waals surface area (Å²) in [7, 11) is 0. The number of rotatable bonds is 1. The Balaban J connectivity index is -0.000000214. The van der Waals surface area contributed by atoms with Crippen molar-refractivity contribution >= 4 is 33.3 Å². The molecule has 1 rings (SSSR count). The van der Waals surface area contributed by atoms with E-state index < -0.39 is 10.2 Å². The Labute approximate surface area is 119 Å². The van der Waals surface area contributed by atoms with Crippen LogP contribution in [0.15, 0.2) is 22.8 Å². The van der Waals surface area contributed by atoms with Crippen molar-refractivity contribution in [2.75, 3.05) is 0 Å². The van der Waals surface area contributed by atoms with Gasteiger partial charge in [-0.05, 0) is 6.07 Å². The minimum absolute atomic E-state index is 0. The third-order valence-corrected chi connectivity index (χ3v) is 0.739. The van der Waals surface area contributed by atoms with E-state index in [9.17, 15) is 4.79 Å². The molecule has 0 aliphatic heterocycles. The number of ether oxygens (including phenoxy) is 1. The Hall–Kier alpha value is -1.93. The van der Waals surface area contributed by atoms with Gasteiger partial charge in [-0.1, -0.05) is 0 Å². The number of carbonyl (C=O) groups excluding carboxylic acids is 1. The molecular weight excluding hydrogens is 451 g/mol. The summed E-state index contributed by atoms with van der Waals surface area (Å²) in [5, 5.41) is 29.5. The Kier molecular flexibility index (Phi) is 15.6. The maximum Gasteiger partial charge on any atom is 2.00 e. The number of furan rings is 1. The molecule has 1 heterocycles. The summed E-state index contributed by atoms with van der Waals surface area (Å²) in [5.41, 5.74) is 0. The molecule has 0 atom stereocenters. The largest absolute Gasteiger partial charge is 2.00 e. The molecule has 0 saturated carbocycles. The molecule has 0 aromatic carbocycles. The van der Waals surface area contributed by atoms with Crippen LogP contribution in [0.2, 0.25) is 0 Å². The average molecular weight is 457 g/mol. The normalized spacial score (nSPS) is 7.17. The van der Waals surface area contributed by atoms with Crippen LogP contribution in [0.4, 0.5) is 0 Å². The smallest absolute Gasteiger partial charge is 0.434 e. The fourth-order valence-electron chi connectivity index (χ4n) is 0.463. The maximum absolute atomic E-state index is 10.2. The second-order valence-corrected chi connectivity index (χ2v) is 1.97. The van der Waals surface area contributed by atoms with Crippen LogP contribution in [0.5, 0.6) is 5.95 Å². The standard InChI is InChI=1S/C6H6O3.2NO3.Pb/c1-5(7)9-6-3-2-4-8-6;2*2-1(3)4;/h2-4H,1H3;;;/q;2*-1;+2.